The molecule has 1 aliphatic rings. The predicted molar refractivity (Wildman–Crippen MR) is 79.6 cm³/mol. The van der Waals surface area contributed by atoms with Crippen molar-refractivity contribution in [2.75, 3.05) is 43.5 Å². The van der Waals surface area contributed by atoms with Crippen molar-refractivity contribution in [3.05, 3.63) is 12.4 Å². The summed E-state index contributed by atoms with van der Waals surface area (Å²) >= 11 is 0. The van der Waals surface area contributed by atoms with E-state index >= 15 is 0 Å². The van der Waals surface area contributed by atoms with Crippen molar-refractivity contribution in [2.24, 2.45) is 11.7 Å². The highest BCUT2D eigenvalue weighted by molar-refractivity contribution is 5.49. The second-order valence-corrected chi connectivity index (χ2v) is 5.48. The van der Waals surface area contributed by atoms with Crippen LogP contribution < -0.4 is 15.5 Å². The Morgan fingerprint density at radius 2 is 1.89 bits per heavy atom. The van der Waals surface area contributed by atoms with Crippen molar-refractivity contribution >= 4 is 11.6 Å². The van der Waals surface area contributed by atoms with E-state index in [2.05, 4.69) is 32.9 Å². The molecule has 0 saturated heterocycles. The van der Waals surface area contributed by atoms with Crippen molar-refractivity contribution < 1.29 is 0 Å². The molecular formula is C14H25N5. The van der Waals surface area contributed by atoms with Gasteiger partial charge in [-0.1, -0.05) is 6.42 Å². The third-order valence-corrected chi connectivity index (χ3v) is 3.87. The van der Waals surface area contributed by atoms with Gasteiger partial charge >= 0.3 is 0 Å². The maximum atomic E-state index is 5.54. The Balaban J connectivity index is 1.96. The van der Waals surface area contributed by atoms with Crippen LogP contribution in [0.1, 0.15) is 25.7 Å². The Hall–Kier alpha value is -1.36. The van der Waals surface area contributed by atoms with E-state index < -0.39 is 0 Å². The number of nitrogens with two attached hydrogens (primary N) is 1. The van der Waals surface area contributed by atoms with E-state index in [9.17, 15) is 0 Å². The molecule has 0 unspecified atom stereocenters. The zero-order valence-corrected chi connectivity index (χ0v) is 12.0. The average Bonchev–Trinajstić information content (AvgIpc) is 2.40. The van der Waals surface area contributed by atoms with Crippen LogP contribution in [0.3, 0.4) is 0 Å². The molecule has 1 fully saturated rings. The predicted octanol–water partition coefficient (Wildman–Crippen LogP) is 1.50. The summed E-state index contributed by atoms with van der Waals surface area (Å²) in [6, 6.07) is 2.06. The Morgan fingerprint density at radius 3 is 2.47 bits per heavy atom. The van der Waals surface area contributed by atoms with Gasteiger partial charge in [-0.15, -0.1) is 0 Å². The monoisotopic (exact) mass is 263 g/mol. The largest absolute Gasteiger partial charge is 0.359 e. The molecule has 0 spiro atoms. The van der Waals surface area contributed by atoms with Gasteiger partial charge in [-0.3, -0.25) is 0 Å². The molecule has 1 aromatic rings. The standard InChI is InChI=1S/C14H25N5/c1-18(8-4-7-15)13-9-14(17-11-16-13)19(2)10-12-5-3-6-12/h9,11-12H,3-8,10,15H2,1-2H3. The fourth-order valence-corrected chi connectivity index (χ4v) is 2.35. The van der Waals surface area contributed by atoms with E-state index in [-0.39, 0.29) is 0 Å². The summed E-state index contributed by atoms with van der Waals surface area (Å²) in [7, 11) is 4.16. The highest BCUT2D eigenvalue weighted by Gasteiger charge is 2.20. The molecule has 0 radical (unpaired) electrons. The topological polar surface area (TPSA) is 58.3 Å². The number of hydrogen-bond acceptors (Lipinski definition) is 5. The summed E-state index contributed by atoms with van der Waals surface area (Å²) in [6.45, 7) is 2.74. The zero-order valence-electron chi connectivity index (χ0n) is 12.0. The van der Waals surface area contributed by atoms with E-state index in [0.717, 1.165) is 37.1 Å². The van der Waals surface area contributed by atoms with E-state index in [1.54, 1.807) is 6.33 Å². The van der Waals surface area contributed by atoms with Crippen LogP contribution in [0, 0.1) is 5.92 Å². The van der Waals surface area contributed by atoms with Gasteiger partial charge in [0.25, 0.3) is 0 Å². The van der Waals surface area contributed by atoms with E-state index in [1.165, 1.54) is 19.3 Å². The maximum Gasteiger partial charge on any atom is 0.133 e. The summed E-state index contributed by atoms with van der Waals surface area (Å²) in [6.07, 6.45) is 6.74. The Morgan fingerprint density at radius 1 is 1.21 bits per heavy atom. The molecule has 1 aliphatic carbocycles. The first-order chi connectivity index (χ1) is 9.20. The minimum atomic E-state index is 0.712. The van der Waals surface area contributed by atoms with Crippen molar-refractivity contribution in [2.45, 2.75) is 25.7 Å². The van der Waals surface area contributed by atoms with Crippen molar-refractivity contribution in [3.63, 3.8) is 0 Å². The molecule has 2 N–H and O–H groups in total. The minimum Gasteiger partial charge on any atom is -0.359 e. The molecule has 2 rings (SSSR count). The fourth-order valence-electron chi connectivity index (χ4n) is 2.35. The number of anilines is 2. The summed E-state index contributed by atoms with van der Waals surface area (Å²) in [4.78, 5) is 13.1. The molecule has 0 bridgehead atoms. The van der Waals surface area contributed by atoms with Crippen LogP contribution in [0.2, 0.25) is 0 Å². The summed E-state index contributed by atoms with van der Waals surface area (Å²) in [5.74, 6) is 2.83. The number of aromatic nitrogens is 2. The molecule has 106 valence electrons. The molecule has 1 saturated carbocycles. The molecule has 1 heterocycles. The van der Waals surface area contributed by atoms with Gasteiger partial charge in [0.2, 0.25) is 0 Å². The molecule has 0 atom stereocenters. The van der Waals surface area contributed by atoms with Crippen LogP contribution in [-0.2, 0) is 0 Å². The lowest BCUT2D eigenvalue weighted by Crippen LogP contribution is -2.30. The second kappa shape index (κ2) is 6.70. The van der Waals surface area contributed by atoms with Crippen LogP contribution in [-0.4, -0.2) is 43.7 Å². The van der Waals surface area contributed by atoms with Gasteiger partial charge in [-0.2, -0.15) is 0 Å². The SMILES string of the molecule is CN(CCCN)c1cc(N(C)CC2CCC2)ncn1. The first kappa shape index (κ1) is 14.1. The Bertz CT molecular complexity index is 391. The quantitative estimate of drug-likeness (QED) is 0.808. The summed E-state index contributed by atoms with van der Waals surface area (Å²) in [5, 5.41) is 0. The average molecular weight is 263 g/mol. The Kier molecular flexibility index (Phi) is 4.96. The van der Waals surface area contributed by atoms with Crippen LogP contribution in [0.15, 0.2) is 12.4 Å². The lowest BCUT2D eigenvalue weighted by atomic mass is 9.85. The van der Waals surface area contributed by atoms with Gasteiger partial charge in [0.1, 0.15) is 18.0 Å². The third kappa shape index (κ3) is 3.80. The van der Waals surface area contributed by atoms with Gasteiger partial charge < -0.3 is 15.5 Å². The number of nitrogens with zero attached hydrogens (tertiary/aromatic N) is 4. The van der Waals surface area contributed by atoms with Crippen LogP contribution in [0.25, 0.3) is 0 Å². The minimum absolute atomic E-state index is 0.712. The maximum absolute atomic E-state index is 5.54. The van der Waals surface area contributed by atoms with Gasteiger partial charge in [0.15, 0.2) is 0 Å². The van der Waals surface area contributed by atoms with Gasteiger partial charge in [-0.25, -0.2) is 9.97 Å². The van der Waals surface area contributed by atoms with E-state index in [0.29, 0.717) is 6.54 Å². The van der Waals surface area contributed by atoms with E-state index in [1.807, 2.05) is 7.05 Å². The molecule has 0 aliphatic heterocycles. The highest BCUT2D eigenvalue weighted by atomic mass is 15.2. The number of hydrogen-bond donors (Lipinski definition) is 1. The van der Waals surface area contributed by atoms with Gasteiger partial charge in [-0.05, 0) is 31.7 Å². The van der Waals surface area contributed by atoms with Crippen LogP contribution in [0.4, 0.5) is 11.6 Å². The molecule has 5 nitrogen and oxygen atoms in total. The molecule has 0 amide bonds. The summed E-state index contributed by atoms with van der Waals surface area (Å²) < 4.78 is 0. The first-order valence-corrected chi connectivity index (χ1v) is 7.15. The Labute approximate surface area is 115 Å². The number of rotatable bonds is 7. The van der Waals surface area contributed by atoms with Crippen LogP contribution in [0.5, 0.6) is 0 Å². The summed E-state index contributed by atoms with van der Waals surface area (Å²) in [5.41, 5.74) is 5.54. The van der Waals surface area contributed by atoms with Crippen molar-refractivity contribution in [1.29, 1.82) is 0 Å². The zero-order chi connectivity index (χ0) is 13.7. The highest BCUT2D eigenvalue weighted by Crippen LogP contribution is 2.28. The molecule has 5 heteroatoms. The fraction of sp³-hybridized carbons (Fsp3) is 0.714. The molecular weight excluding hydrogens is 238 g/mol. The lowest BCUT2D eigenvalue weighted by Gasteiger charge is -2.31. The first-order valence-electron chi connectivity index (χ1n) is 7.15. The molecule has 19 heavy (non-hydrogen) atoms. The van der Waals surface area contributed by atoms with E-state index in [4.69, 9.17) is 5.73 Å². The molecule has 1 aromatic heterocycles. The van der Waals surface area contributed by atoms with Gasteiger partial charge in [0.05, 0.1) is 0 Å². The van der Waals surface area contributed by atoms with Crippen LogP contribution >= 0.6 is 0 Å². The normalized spacial score (nSPS) is 15.1. The smallest absolute Gasteiger partial charge is 0.133 e. The van der Waals surface area contributed by atoms with Crippen molar-refractivity contribution in [1.82, 2.24) is 9.97 Å². The van der Waals surface area contributed by atoms with Crippen molar-refractivity contribution in [3.8, 4) is 0 Å². The van der Waals surface area contributed by atoms with Gasteiger partial charge in [0, 0.05) is 33.3 Å². The lowest BCUT2D eigenvalue weighted by molar-refractivity contribution is 0.321. The third-order valence-electron chi connectivity index (χ3n) is 3.87. The second-order valence-electron chi connectivity index (χ2n) is 5.48. The molecule has 0 aromatic carbocycles.